The van der Waals surface area contributed by atoms with E-state index >= 15 is 0 Å². The normalized spacial score (nSPS) is 11.8. The van der Waals surface area contributed by atoms with Gasteiger partial charge in [-0.1, -0.05) is 36.4 Å². The van der Waals surface area contributed by atoms with E-state index < -0.39 is 10.0 Å². The Morgan fingerprint density at radius 2 is 1.76 bits per heavy atom. The Labute approximate surface area is 175 Å². The lowest BCUT2D eigenvalue weighted by Gasteiger charge is -2.13. The molecule has 0 atom stereocenters. The van der Waals surface area contributed by atoms with Crippen molar-refractivity contribution >= 4 is 37.5 Å². The minimum atomic E-state index is -3.42. The minimum absolute atomic E-state index is 0.0813. The lowest BCUT2D eigenvalue weighted by Crippen LogP contribution is -2.32. The number of carbonyl (C=O) groups excluding carboxylic acids is 1. The predicted octanol–water partition coefficient (Wildman–Crippen LogP) is 3.37. The Bertz CT molecular complexity index is 1060. The average molecular weight is 432 g/mol. The van der Waals surface area contributed by atoms with E-state index in [1.807, 2.05) is 36.4 Å². The zero-order chi connectivity index (χ0) is 20.9. The molecule has 0 radical (unpaired) electrons. The molecule has 29 heavy (non-hydrogen) atoms. The predicted molar refractivity (Wildman–Crippen MR) is 117 cm³/mol. The fraction of sp³-hybridized carbons (Fsp3) is 0.333. The number of hydrogen-bond acceptors (Lipinski definition) is 5. The molecule has 0 saturated heterocycles. The van der Waals surface area contributed by atoms with Crippen LogP contribution in [0.1, 0.15) is 36.4 Å². The summed E-state index contributed by atoms with van der Waals surface area (Å²) in [5.41, 5.74) is 2.44. The van der Waals surface area contributed by atoms with Crippen molar-refractivity contribution in [3.63, 3.8) is 0 Å². The van der Waals surface area contributed by atoms with E-state index in [-0.39, 0.29) is 17.7 Å². The Kier molecular flexibility index (Phi) is 7.00. The van der Waals surface area contributed by atoms with Crippen molar-refractivity contribution in [1.82, 2.24) is 15.0 Å². The number of rotatable bonds is 9. The van der Waals surface area contributed by atoms with E-state index in [4.69, 9.17) is 0 Å². The fourth-order valence-corrected chi connectivity index (χ4v) is 5.47. The van der Waals surface area contributed by atoms with Crippen LogP contribution in [0.5, 0.6) is 0 Å². The van der Waals surface area contributed by atoms with Crippen LogP contribution in [0.15, 0.2) is 48.5 Å². The highest BCUT2D eigenvalue weighted by Crippen LogP contribution is 2.22. The smallest absolute Gasteiger partial charge is 0.220 e. The van der Waals surface area contributed by atoms with E-state index in [9.17, 15) is 13.2 Å². The molecule has 0 spiro atoms. The highest BCUT2D eigenvalue weighted by atomic mass is 32.2. The molecule has 1 amide bonds. The summed E-state index contributed by atoms with van der Waals surface area (Å²) in [5, 5.41) is 3.83. The second kappa shape index (κ2) is 9.47. The number of para-hydroxylation sites is 1. The van der Waals surface area contributed by atoms with Crippen LogP contribution < -0.4 is 10.0 Å². The molecule has 3 aromatic rings. The number of aromatic nitrogens is 1. The molecule has 1 aromatic heterocycles. The third-order valence-corrected chi connectivity index (χ3v) is 6.88. The third-order valence-electron chi connectivity index (χ3n) is 4.26. The van der Waals surface area contributed by atoms with Gasteiger partial charge in [-0.15, -0.1) is 11.3 Å². The molecule has 154 valence electrons. The van der Waals surface area contributed by atoms with E-state index in [1.54, 1.807) is 37.3 Å². The van der Waals surface area contributed by atoms with Crippen LogP contribution >= 0.6 is 11.3 Å². The van der Waals surface area contributed by atoms with Gasteiger partial charge in [0.05, 0.1) is 21.0 Å². The van der Waals surface area contributed by atoms with Crippen LogP contribution in [-0.2, 0) is 33.5 Å². The summed E-state index contributed by atoms with van der Waals surface area (Å²) in [6.07, 6.45) is 0.925. The first-order valence-corrected chi connectivity index (χ1v) is 12.0. The molecule has 0 fully saturated rings. The molecule has 2 aromatic carbocycles. The number of hydrogen-bond donors (Lipinski definition) is 2. The number of benzene rings is 2. The lowest BCUT2D eigenvalue weighted by atomic mass is 10.1. The van der Waals surface area contributed by atoms with Crippen molar-refractivity contribution in [2.45, 2.75) is 45.0 Å². The topological polar surface area (TPSA) is 88.2 Å². The largest absolute Gasteiger partial charge is 0.352 e. The molecular weight excluding hydrogens is 406 g/mol. The fourth-order valence-electron chi connectivity index (χ4n) is 3.01. The monoisotopic (exact) mass is 431 g/mol. The molecule has 0 saturated carbocycles. The first kappa shape index (κ1) is 21.4. The van der Waals surface area contributed by atoms with E-state index in [0.29, 0.717) is 24.9 Å². The van der Waals surface area contributed by atoms with Crippen molar-refractivity contribution < 1.29 is 13.2 Å². The number of sulfonamides is 1. The van der Waals surface area contributed by atoms with Crippen LogP contribution in [0, 0.1) is 0 Å². The van der Waals surface area contributed by atoms with Crippen LogP contribution in [-0.4, -0.2) is 25.4 Å². The van der Waals surface area contributed by atoms with Crippen molar-refractivity contribution in [1.29, 1.82) is 0 Å². The van der Waals surface area contributed by atoms with Crippen molar-refractivity contribution in [3.8, 4) is 0 Å². The van der Waals surface area contributed by atoms with Gasteiger partial charge >= 0.3 is 0 Å². The van der Waals surface area contributed by atoms with Gasteiger partial charge in [-0.2, -0.15) is 0 Å². The van der Waals surface area contributed by atoms with Crippen LogP contribution in [0.3, 0.4) is 0 Å². The summed E-state index contributed by atoms with van der Waals surface area (Å²) < 4.78 is 28.2. The van der Waals surface area contributed by atoms with Crippen molar-refractivity contribution in [2.24, 2.45) is 0 Å². The zero-order valence-corrected chi connectivity index (χ0v) is 18.1. The van der Waals surface area contributed by atoms with E-state index in [0.717, 1.165) is 20.8 Å². The second-order valence-electron chi connectivity index (χ2n) is 7.15. The second-order valence-corrected chi connectivity index (χ2v) is 10.0. The number of carbonyl (C=O) groups is 1. The number of fused-ring (bicyclic) bond motifs is 1. The SMILES string of the molecule is CC(C)NS(=O)(=O)Cc1ccccc1CNC(=O)CCc1nc2ccccc2s1. The molecule has 0 aliphatic heterocycles. The maximum absolute atomic E-state index is 12.3. The standard InChI is InChI=1S/C21H25N3O3S2/c1-15(2)24-29(26,27)14-17-8-4-3-7-16(17)13-22-20(25)11-12-21-23-18-9-5-6-10-19(18)28-21/h3-10,15,24H,11-14H2,1-2H3,(H,22,25). The van der Waals surface area contributed by atoms with Crippen LogP contribution in [0.25, 0.3) is 10.2 Å². The average Bonchev–Trinajstić information content (AvgIpc) is 3.07. The highest BCUT2D eigenvalue weighted by molar-refractivity contribution is 7.88. The first-order chi connectivity index (χ1) is 13.8. The Balaban J connectivity index is 1.56. The van der Waals surface area contributed by atoms with Crippen LogP contribution in [0.2, 0.25) is 0 Å². The van der Waals surface area contributed by atoms with Gasteiger partial charge in [0.1, 0.15) is 0 Å². The van der Waals surface area contributed by atoms with E-state index in [2.05, 4.69) is 15.0 Å². The van der Waals surface area contributed by atoms with Gasteiger partial charge in [0.2, 0.25) is 15.9 Å². The Morgan fingerprint density at radius 3 is 2.48 bits per heavy atom. The van der Waals surface area contributed by atoms with Crippen LogP contribution in [0.4, 0.5) is 0 Å². The highest BCUT2D eigenvalue weighted by Gasteiger charge is 2.15. The van der Waals surface area contributed by atoms with Gasteiger partial charge in [0.25, 0.3) is 0 Å². The molecular formula is C21H25N3O3S2. The summed E-state index contributed by atoms with van der Waals surface area (Å²) in [4.78, 5) is 16.8. The van der Waals surface area contributed by atoms with Gasteiger partial charge in [0, 0.05) is 25.4 Å². The molecule has 2 N–H and O–H groups in total. The van der Waals surface area contributed by atoms with Gasteiger partial charge < -0.3 is 5.32 Å². The minimum Gasteiger partial charge on any atom is -0.352 e. The quantitative estimate of drug-likeness (QED) is 0.544. The zero-order valence-electron chi connectivity index (χ0n) is 16.5. The van der Waals surface area contributed by atoms with Gasteiger partial charge in [-0.05, 0) is 37.1 Å². The molecule has 3 rings (SSSR count). The molecule has 0 unspecified atom stereocenters. The first-order valence-electron chi connectivity index (χ1n) is 9.50. The third kappa shape index (κ3) is 6.35. The number of nitrogens with zero attached hydrogens (tertiary/aromatic N) is 1. The molecule has 1 heterocycles. The summed E-state index contributed by atoms with van der Waals surface area (Å²) in [6.45, 7) is 3.87. The maximum Gasteiger partial charge on any atom is 0.220 e. The lowest BCUT2D eigenvalue weighted by molar-refractivity contribution is -0.121. The Hall–Kier alpha value is -2.29. The number of aryl methyl sites for hydroxylation is 1. The van der Waals surface area contributed by atoms with Gasteiger partial charge in [0.15, 0.2) is 0 Å². The van der Waals surface area contributed by atoms with Gasteiger partial charge in [-0.3, -0.25) is 4.79 Å². The molecule has 0 aliphatic carbocycles. The summed E-state index contributed by atoms with van der Waals surface area (Å²) in [6, 6.07) is 15.0. The van der Waals surface area contributed by atoms with Crippen molar-refractivity contribution in [2.75, 3.05) is 0 Å². The molecule has 0 bridgehead atoms. The summed E-state index contributed by atoms with van der Waals surface area (Å²) in [5.74, 6) is -0.189. The summed E-state index contributed by atoms with van der Waals surface area (Å²) >= 11 is 1.60. The van der Waals surface area contributed by atoms with Crippen molar-refractivity contribution in [3.05, 3.63) is 64.7 Å². The number of nitrogens with one attached hydrogen (secondary N) is 2. The number of amides is 1. The van der Waals surface area contributed by atoms with Gasteiger partial charge in [-0.25, -0.2) is 18.1 Å². The Morgan fingerprint density at radius 1 is 1.07 bits per heavy atom. The maximum atomic E-state index is 12.3. The summed E-state index contributed by atoms with van der Waals surface area (Å²) in [7, 11) is -3.42. The van der Waals surface area contributed by atoms with E-state index in [1.165, 1.54) is 0 Å². The molecule has 8 heteroatoms. The molecule has 6 nitrogen and oxygen atoms in total. The number of thiazole rings is 1. The molecule has 0 aliphatic rings.